The van der Waals surface area contributed by atoms with E-state index in [1.807, 2.05) is 26.0 Å². The summed E-state index contributed by atoms with van der Waals surface area (Å²) in [5.74, 6) is 0.586. The lowest BCUT2D eigenvalue weighted by molar-refractivity contribution is -0.113. The molecule has 0 aliphatic rings. The van der Waals surface area contributed by atoms with Crippen molar-refractivity contribution in [1.29, 1.82) is 0 Å². The van der Waals surface area contributed by atoms with Crippen LogP contribution < -0.4 is 5.32 Å². The predicted molar refractivity (Wildman–Crippen MR) is 114 cm³/mol. The van der Waals surface area contributed by atoms with Gasteiger partial charge in [-0.2, -0.15) is 0 Å². The number of carbonyl (C=O) groups excluding carboxylic acids is 1. The molecule has 0 atom stereocenters. The van der Waals surface area contributed by atoms with E-state index in [4.69, 9.17) is 0 Å². The van der Waals surface area contributed by atoms with Crippen molar-refractivity contribution in [3.8, 4) is 17.1 Å². The Labute approximate surface area is 177 Å². The van der Waals surface area contributed by atoms with Crippen LogP contribution in [0.4, 0.5) is 5.69 Å². The first-order chi connectivity index (χ1) is 12.8. The van der Waals surface area contributed by atoms with Crippen LogP contribution in [-0.2, 0) is 4.79 Å². The average molecular weight is 512 g/mol. The van der Waals surface area contributed by atoms with Gasteiger partial charge in [0.05, 0.1) is 11.3 Å². The van der Waals surface area contributed by atoms with Gasteiger partial charge in [-0.3, -0.25) is 9.89 Å². The molecule has 0 unspecified atom stereocenters. The summed E-state index contributed by atoms with van der Waals surface area (Å²) in [7, 11) is 0. The van der Waals surface area contributed by atoms with Gasteiger partial charge in [-0.05, 0) is 55.3 Å². The van der Waals surface area contributed by atoms with E-state index in [1.165, 1.54) is 11.8 Å². The quantitative estimate of drug-likeness (QED) is 0.417. The zero-order valence-electron chi connectivity index (χ0n) is 14.5. The van der Waals surface area contributed by atoms with E-state index in [2.05, 4.69) is 52.4 Å². The number of nitrogens with zero attached hydrogens (tertiary/aromatic N) is 2. The van der Waals surface area contributed by atoms with E-state index in [0.29, 0.717) is 16.5 Å². The second-order valence-electron chi connectivity index (χ2n) is 5.88. The first-order valence-electron chi connectivity index (χ1n) is 7.94. The third kappa shape index (κ3) is 4.91. The summed E-state index contributed by atoms with van der Waals surface area (Å²) in [6.07, 6.45) is 0. The van der Waals surface area contributed by atoms with Crippen LogP contribution in [0.2, 0.25) is 0 Å². The lowest BCUT2D eigenvalue weighted by atomic mass is 10.1. The lowest BCUT2D eigenvalue weighted by Crippen LogP contribution is -2.16. The zero-order valence-corrected chi connectivity index (χ0v) is 18.5. The summed E-state index contributed by atoms with van der Waals surface area (Å²) >= 11 is 8.03. The number of nitrogens with one attached hydrogen (secondary N) is 2. The van der Waals surface area contributed by atoms with Gasteiger partial charge in [0.2, 0.25) is 11.1 Å². The Bertz CT molecular complexity index is 984. The van der Waals surface area contributed by atoms with Gasteiger partial charge in [-0.25, -0.2) is 4.98 Å². The highest BCUT2D eigenvalue weighted by atomic mass is 79.9. The Balaban J connectivity index is 1.65. The normalized spacial score (nSPS) is 10.8. The fraction of sp³-hybridized carbons (Fsp3) is 0.167. The molecule has 0 aliphatic heterocycles. The SMILES string of the molecule is Cc1cc(Br)cc(C)c1NC(=O)CSc1n[nH]c(-c2cc(Br)ccc2O)n1. The minimum absolute atomic E-state index is 0.102. The standard InChI is InChI=1S/C18H16Br2N4O2S/c1-9-5-12(20)6-10(2)16(9)21-15(26)8-27-18-22-17(23-24-18)13-7-11(19)3-4-14(13)25/h3-7,25H,8H2,1-2H3,(H,21,26)(H,22,23,24). The Morgan fingerprint density at radius 2 is 1.89 bits per heavy atom. The minimum atomic E-state index is -0.134. The molecule has 2 aromatic carbocycles. The van der Waals surface area contributed by atoms with Gasteiger partial charge in [0.1, 0.15) is 5.75 Å². The Morgan fingerprint density at radius 3 is 2.59 bits per heavy atom. The van der Waals surface area contributed by atoms with Crippen LogP contribution in [0, 0.1) is 13.8 Å². The van der Waals surface area contributed by atoms with E-state index in [-0.39, 0.29) is 17.4 Å². The number of hydrogen-bond acceptors (Lipinski definition) is 5. The number of halogens is 2. The van der Waals surface area contributed by atoms with Gasteiger partial charge in [0.15, 0.2) is 5.82 Å². The third-order valence-corrected chi connectivity index (χ3v) is 5.57. The van der Waals surface area contributed by atoms with Crippen molar-refractivity contribution < 1.29 is 9.90 Å². The highest BCUT2D eigenvalue weighted by Crippen LogP contribution is 2.30. The van der Waals surface area contributed by atoms with Crippen LogP contribution in [0.25, 0.3) is 11.4 Å². The molecule has 0 saturated carbocycles. The maximum Gasteiger partial charge on any atom is 0.234 e. The molecule has 0 spiro atoms. The van der Waals surface area contributed by atoms with Gasteiger partial charge in [0, 0.05) is 14.6 Å². The van der Waals surface area contributed by atoms with E-state index in [0.717, 1.165) is 25.8 Å². The molecule has 6 nitrogen and oxygen atoms in total. The topological polar surface area (TPSA) is 90.9 Å². The molecule has 0 aliphatic carbocycles. The number of carbonyl (C=O) groups is 1. The van der Waals surface area contributed by atoms with E-state index in [1.54, 1.807) is 18.2 Å². The fourth-order valence-electron chi connectivity index (χ4n) is 2.54. The molecule has 27 heavy (non-hydrogen) atoms. The zero-order chi connectivity index (χ0) is 19.6. The summed E-state index contributed by atoms with van der Waals surface area (Å²) in [6, 6.07) is 8.98. The molecule has 3 aromatic rings. The predicted octanol–water partition coefficient (Wildman–Crippen LogP) is 5.05. The molecule has 9 heteroatoms. The number of aromatic nitrogens is 3. The van der Waals surface area contributed by atoms with Gasteiger partial charge >= 0.3 is 0 Å². The van der Waals surface area contributed by atoms with Gasteiger partial charge in [0.25, 0.3) is 0 Å². The van der Waals surface area contributed by atoms with Crippen molar-refractivity contribution in [3.05, 3.63) is 50.4 Å². The molecule has 0 saturated heterocycles. The highest BCUT2D eigenvalue weighted by Gasteiger charge is 2.13. The first-order valence-corrected chi connectivity index (χ1v) is 10.5. The number of amides is 1. The average Bonchev–Trinajstić information content (AvgIpc) is 3.07. The van der Waals surface area contributed by atoms with Crippen LogP contribution in [-0.4, -0.2) is 31.9 Å². The lowest BCUT2D eigenvalue weighted by Gasteiger charge is -2.11. The molecule has 1 amide bonds. The second-order valence-corrected chi connectivity index (χ2v) is 8.65. The van der Waals surface area contributed by atoms with Crippen LogP contribution in [0.5, 0.6) is 5.75 Å². The van der Waals surface area contributed by atoms with Gasteiger partial charge in [-0.1, -0.05) is 43.6 Å². The van der Waals surface area contributed by atoms with E-state index in [9.17, 15) is 9.90 Å². The number of aromatic hydroxyl groups is 1. The molecule has 1 aromatic heterocycles. The number of thioether (sulfide) groups is 1. The largest absolute Gasteiger partial charge is 0.507 e. The van der Waals surface area contributed by atoms with Crippen molar-refractivity contribution in [1.82, 2.24) is 15.2 Å². The van der Waals surface area contributed by atoms with Crippen LogP contribution in [0.1, 0.15) is 11.1 Å². The van der Waals surface area contributed by atoms with Gasteiger partial charge < -0.3 is 10.4 Å². The summed E-state index contributed by atoms with van der Waals surface area (Å²) in [5.41, 5.74) is 3.34. The summed E-state index contributed by atoms with van der Waals surface area (Å²) in [4.78, 5) is 16.6. The van der Waals surface area contributed by atoms with Crippen molar-refractivity contribution in [2.24, 2.45) is 0 Å². The molecule has 0 fully saturated rings. The number of phenolic OH excluding ortho intramolecular Hbond substituents is 1. The maximum atomic E-state index is 12.3. The van der Waals surface area contributed by atoms with Crippen molar-refractivity contribution in [2.45, 2.75) is 19.0 Å². The molecule has 0 bridgehead atoms. The van der Waals surface area contributed by atoms with Crippen molar-refractivity contribution >= 4 is 55.2 Å². The molecule has 1 heterocycles. The summed E-state index contributed by atoms with van der Waals surface area (Å²) in [5, 5.41) is 20.2. The summed E-state index contributed by atoms with van der Waals surface area (Å²) < 4.78 is 1.80. The highest BCUT2D eigenvalue weighted by molar-refractivity contribution is 9.10. The van der Waals surface area contributed by atoms with Crippen LogP contribution in [0.15, 0.2) is 44.4 Å². The minimum Gasteiger partial charge on any atom is -0.507 e. The smallest absolute Gasteiger partial charge is 0.234 e. The number of hydrogen-bond donors (Lipinski definition) is 3. The first kappa shape index (κ1) is 19.9. The van der Waals surface area contributed by atoms with Crippen molar-refractivity contribution in [2.75, 3.05) is 11.1 Å². The van der Waals surface area contributed by atoms with E-state index >= 15 is 0 Å². The Morgan fingerprint density at radius 1 is 1.19 bits per heavy atom. The monoisotopic (exact) mass is 510 g/mol. The molecular formula is C18H16Br2N4O2S. The number of phenols is 1. The summed E-state index contributed by atoms with van der Waals surface area (Å²) in [6.45, 7) is 3.90. The third-order valence-electron chi connectivity index (χ3n) is 3.77. The molecular weight excluding hydrogens is 496 g/mol. The Kier molecular flexibility index (Phi) is 6.23. The molecule has 3 rings (SSSR count). The molecule has 3 N–H and O–H groups in total. The number of H-pyrrole nitrogens is 1. The molecule has 140 valence electrons. The Hall–Kier alpha value is -1.84. The van der Waals surface area contributed by atoms with E-state index < -0.39 is 0 Å². The number of rotatable bonds is 5. The number of anilines is 1. The van der Waals surface area contributed by atoms with Crippen molar-refractivity contribution in [3.63, 3.8) is 0 Å². The fourth-order valence-corrected chi connectivity index (χ4v) is 4.19. The number of aromatic amines is 1. The van der Waals surface area contributed by atoms with Crippen LogP contribution in [0.3, 0.4) is 0 Å². The second kappa shape index (κ2) is 8.45. The number of benzene rings is 2. The number of aryl methyl sites for hydroxylation is 2. The molecule has 0 radical (unpaired) electrons. The van der Waals surface area contributed by atoms with Crippen LogP contribution >= 0.6 is 43.6 Å². The maximum absolute atomic E-state index is 12.3. The van der Waals surface area contributed by atoms with Gasteiger partial charge in [-0.15, -0.1) is 5.10 Å².